The summed E-state index contributed by atoms with van der Waals surface area (Å²) in [6.45, 7) is 0. The van der Waals surface area contributed by atoms with Crippen molar-refractivity contribution in [3.05, 3.63) is 101 Å². The van der Waals surface area contributed by atoms with Crippen LogP contribution in [0.5, 0.6) is 5.75 Å². The normalized spacial score (nSPS) is 14.3. The number of cyclic esters (lactones) is 1. The lowest BCUT2D eigenvalue weighted by molar-refractivity contribution is -0.129. The summed E-state index contributed by atoms with van der Waals surface area (Å²) < 4.78 is 12.9. The molecule has 1 aliphatic heterocycles. The highest BCUT2D eigenvalue weighted by Crippen LogP contribution is 2.36. The van der Waals surface area contributed by atoms with Crippen molar-refractivity contribution in [2.45, 2.75) is 0 Å². The van der Waals surface area contributed by atoms with E-state index in [0.717, 1.165) is 3.57 Å². The molecule has 32 heavy (non-hydrogen) atoms. The van der Waals surface area contributed by atoms with Crippen LogP contribution in [0.4, 0.5) is 0 Å². The number of benzene rings is 3. The molecule has 0 aliphatic carbocycles. The minimum Gasteiger partial charge on any atom is -0.420 e. The molecule has 1 heterocycles. The molecule has 0 amide bonds. The van der Waals surface area contributed by atoms with Crippen molar-refractivity contribution in [2.24, 2.45) is 4.99 Å². The van der Waals surface area contributed by atoms with E-state index >= 15 is 0 Å². The topological polar surface area (TPSA) is 65.0 Å². The van der Waals surface area contributed by atoms with Gasteiger partial charge in [0, 0.05) is 9.13 Å². The minimum absolute atomic E-state index is 0.165. The van der Waals surface area contributed by atoms with Crippen molar-refractivity contribution in [3.8, 4) is 5.75 Å². The van der Waals surface area contributed by atoms with Crippen LogP contribution in [0.3, 0.4) is 0 Å². The van der Waals surface area contributed by atoms with Crippen LogP contribution >= 0.6 is 66.1 Å². The highest BCUT2D eigenvalue weighted by molar-refractivity contribution is 14.1. The summed E-state index contributed by atoms with van der Waals surface area (Å²) >= 11 is 15.1. The molecule has 0 atom stereocenters. The molecule has 160 valence electrons. The van der Waals surface area contributed by atoms with Gasteiger partial charge in [-0.1, -0.05) is 23.7 Å². The number of hydrogen-bond donors (Lipinski definition) is 0. The maximum atomic E-state index is 12.5. The van der Waals surface area contributed by atoms with E-state index < -0.39 is 11.9 Å². The summed E-state index contributed by atoms with van der Waals surface area (Å²) in [4.78, 5) is 29.1. The van der Waals surface area contributed by atoms with E-state index in [1.54, 1.807) is 42.5 Å². The standard InChI is InChI=1S/C23H11Br2ClINO4/c24-16-9-12(10-17(25)20(16)31-22(29)15-3-1-2-4-18(15)26)11-19-23(30)32-21(28-19)13-5-7-14(27)8-6-13/h1-11H/b19-11-. The third-order valence-electron chi connectivity index (χ3n) is 4.32. The predicted octanol–water partition coefficient (Wildman–Crippen LogP) is 7.03. The number of halogens is 4. The molecule has 3 aromatic carbocycles. The molecule has 0 radical (unpaired) electrons. The number of rotatable bonds is 4. The molecule has 0 aromatic heterocycles. The predicted molar refractivity (Wildman–Crippen MR) is 138 cm³/mol. The molecular weight excluding hydrogens is 676 g/mol. The van der Waals surface area contributed by atoms with Gasteiger partial charge in [0.25, 0.3) is 0 Å². The van der Waals surface area contributed by atoms with Crippen molar-refractivity contribution < 1.29 is 19.1 Å². The Balaban J connectivity index is 1.60. The molecule has 1 aliphatic rings. The third-order valence-corrected chi connectivity index (χ3v) is 6.55. The second kappa shape index (κ2) is 9.86. The molecule has 0 fully saturated rings. The van der Waals surface area contributed by atoms with Crippen molar-refractivity contribution in [2.75, 3.05) is 0 Å². The maximum absolute atomic E-state index is 12.5. The lowest BCUT2D eigenvalue weighted by Crippen LogP contribution is -2.10. The lowest BCUT2D eigenvalue weighted by Gasteiger charge is -2.10. The maximum Gasteiger partial charge on any atom is 0.363 e. The molecule has 0 saturated carbocycles. The van der Waals surface area contributed by atoms with Crippen molar-refractivity contribution in [1.82, 2.24) is 0 Å². The van der Waals surface area contributed by atoms with Gasteiger partial charge in [0.1, 0.15) is 0 Å². The van der Waals surface area contributed by atoms with Gasteiger partial charge >= 0.3 is 11.9 Å². The number of nitrogens with zero attached hydrogens (tertiary/aromatic N) is 1. The molecule has 4 rings (SSSR count). The average molecular weight is 688 g/mol. The fourth-order valence-corrected chi connectivity index (χ4v) is 4.77. The first kappa shape index (κ1) is 23.2. The highest BCUT2D eigenvalue weighted by atomic mass is 127. The summed E-state index contributed by atoms with van der Waals surface area (Å²) in [5, 5.41) is 0.299. The number of esters is 2. The van der Waals surface area contributed by atoms with E-state index in [4.69, 9.17) is 21.1 Å². The van der Waals surface area contributed by atoms with Gasteiger partial charge in [0.05, 0.1) is 19.5 Å². The summed E-state index contributed by atoms with van der Waals surface area (Å²) in [6, 6.07) is 17.5. The molecule has 0 bridgehead atoms. The van der Waals surface area contributed by atoms with Crippen LogP contribution in [0, 0.1) is 3.57 Å². The van der Waals surface area contributed by atoms with E-state index in [1.807, 2.05) is 24.3 Å². The van der Waals surface area contributed by atoms with Gasteiger partial charge in [0.2, 0.25) is 5.90 Å². The number of ether oxygens (including phenoxy) is 2. The number of hydrogen-bond acceptors (Lipinski definition) is 5. The Labute approximate surface area is 218 Å². The van der Waals surface area contributed by atoms with Crippen LogP contribution in [0.1, 0.15) is 21.5 Å². The third kappa shape index (κ3) is 5.14. The van der Waals surface area contributed by atoms with Gasteiger partial charge in [-0.25, -0.2) is 14.6 Å². The first-order chi connectivity index (χ1) is 15.3. The number of carbonyl (C=O) groups is 2. The van der Waals surface area contributed by atoms with Crippen LogP contribution in [-0.2, 0) is 9.53 Å². The molecule has 5 nitrogen and oxygen atoms in total. The highest BCUT2D eigenvalue weighted by Gasteiger charge is 2.24. The summed E-state index contributed by atoms with van der Waals surface area (Å²) in [6.07, 6.45) is 1.59. The Kier molecular flexibility index (Phi) is 7.14. The van der Waals surface area contributed by atoms with Gasteiger partial charge in [-0.15, -0.1) is 0 Å². The fourth-order valence-electron chi connectivity index (χ4n) is 2.82. The van der Waals surface area contributed by atoms with Crippen LogP contribution in [-0.4, -0.2) is 17.8 Å². The Morgan fingerprint density at radius 1 is 1.06 bits per heavy atom. The van der Waals surface area contributed by atoms with Crippen LogP contribution in [0.25, 0.3) is 6.08 Å². The van der Waals surface area contributed by atoms with Gasteiger partial charge in [-0.05, 0) is 115 Å². The Morgan fingerprint density at radius 2 is 1.72 bits per heavy atom. The summed E-state index contributed by atoms with van der Waals surface area (Å²) in [7, 11) is 0. The van der Waals surface area contributed by atoms with Gasteiger partial charge in [0.15, 0.2) is 11.4 Å². The summed E-state index contributed by atoms with van der Waals surface area (Å²) in [5.74, 6) is -0.593. The van der Waals surface area contributed by atoms with Crippen molar-refractivity contribution in [1.29, 1.82) is 0 Å². The van der Waals surface area contributed by atoms with Gasteiger partial charge in [-0.3, -0.25) is 0 Å². The van der Waals surface area contributed by atoms with E-state index in [0.29, 0.717) is 25.1 Å². The van der Waals surface area contributed by atoms with Crippen LogP contribution in [0.2, 0.25) is 5.02 Å². The van der Waals surface area contributed by atoms with E-state index in [1.165, 1.54) is 0 Å². The van der Waals surface area contributed by atoms with Crippen molar-refractivity contribution in [3.63, 3.8) is 0 Å². The molecule has 0 unspecified atom stereocenters. The van der Waals surface area contributed by atoms with Crippen LogP contribution < -0.4 is 4.74 Å². The quantitative estimate of drug-likeness (QED) is 0.128. The molecule has 0 saturated heterocycles. The molecular formula is C23H11Br2ClINO4. The van der Waals surface area contributed by atoms with Crippen molar-refractivity contribution >= 4 is 90.0 Å². The van der Waals surface area contributed by atoms with E-state index in [2.05, 4.69) is 59.4 Å². The largest absolute Gasteiger partial charge is 0.420 e. The molecule has 0 N–H and O–H groups in total. The first-order valence-electron chi connectivity index (χ1n) is 9.06. The Bertz CT molecular complexity index is 1280. The fraction of sp³-hybridized carbons (Fsp3) is 0. The van der Waals surface area contributed by atoms with Crippen LogP contribution in [0.15, 0.2) is 80.3 Å². The SMILES string of the molecule is O=C1OC(c2ccc(I)cc2)=N/C1=C\c1cc(Br)c(OC(=O)c2ccccc2Cl)c(Br)c1. The second-order valence-corrected chi connectivity index (χ2v) is 9.89. The second-order valence-electron chi connectivity index (χ2n) is 6.53. The lowest BCUT2D eigenvalue weighted by atomic mass is 10.2. The Morgan fingerprint density at radius 3 is 2.38 bits per heavy atom. The summed E-state index contributed by atoms with van der Waals surface area (Å²) in [5.41, 5.74) is 1.79. The zero-order valence-electron chi connectivity index (χ0n) is 15.9. The van der Waals surface area contributed by atoms with Gasteiger partial charge in [-0.2, -0.15) is 0 Å². The smallest absolute Gasteiger partial charge is 0.363 e. The number of aliphatic imine (C=N–C) groups is 1. The van der Waals surface area contributed by atoms with E-state index in [-0.39, 0.29) is 22.9 Å². The molecule has 3 aromatic rings. The van der Waals surface area contributed by atoms with Gasteiger partial charge < -0.3 is 9.47 Å². The minimum atomic E-state index is -0.589. The number of carbonyl (C=O) groups excluding carboxylic acids is 2. The first-order valence-corrected chi connectivity index (χ1v) is 12.1. The molecule has 0 spiro atoms. The zero-order chi connectivity index (χ0) is 22.8. The van der Waals surface area contributed by atoms with E-state index in [9.17, 15) is 9.59 Å². The average Bonchev–Trinajstić information content (AvgIpc) is 3.11. The molecule has 9 heteroatoms. The zero-order valence-corrected chi connectivity index (χ0v) is 22.0. The monoisotopic (exact) mass is 685 g/mol. The Hall–Kier alpha value is -2.01.